The lowest BCUT2D eigenvalue weighted by Gasteiger charge is -2.14. The van der Waals surface area contributed by atoms with Gasteiger partial charge in [0.05, 0.1) is 8.95 Å². The molecule has 3 N–H and O–H groups in total. The number of phenols is 1. The van der Waals surface area contributed by atoms with Crippen LogP contribution in [0.3, 0.4) is 0 Å². The first-order valence-electron chi connectivity index (χ1n) is 16.6. The summed E-state index contributed by atoms with van der Waals surface area (Å²) in [6, 6.07) is 55.1. The van der Waals surface area contributed by atoms with E-state index in [0.29, 0.717) is 24.4 Å². The molecule has 0 bridgehead atoms. The zero-order valence-electron chi connectivity index (χ0n) is 28.1. The van der Waals surface area contributed by atoms with Crippen LogP contribution in [0.1, 0.15) is 18.6 Å². The molecule has 0 aromatic heterocycles. The van der Waals surface area contributed by atoms with Crippen molar-refractivity contribution in [1.29, 1.82) is 0 Å². The van der Waals surface area contributed by atoms with Crippen LogP contribution in [-0.4, -0.2) is 22.3 Å². The van der Waals surface area contributed by atoms with Gasteiger partial charge in [0.15, 0.2) is 0 Å². The monoisotopic (exact) mass is 828 g/mol. The van der Waals surface area contributed by atoms with Crippen LogP contribution in [0.4, 0.5) is 0 Å². The van der Waals surface area contributed by atoms with Crippen molar-refractivity contribution in [2.75, 3.05) is 0 Å². The number of fused-ring (bicyclic) bond motifs is 3. The van der Waals surface area contributed by atoms with Crippen molar-refractivity contribution in [2.45, 2.75) is 20.6 Å². The van der Waals surface area contributed by atoms with Gasteiger partial charge in [0.25, 0.3) is 0 Å². The highest BCUT2D eigenvalue weighted by molar-refractivity contribution is 9.11. The summed E-state index contributed by atoms with van der Waals surface area (Å²) in [6.45, 7) is 0.969. The lowest BCUT2D eigenvalue weighted by Crippen LogP contribution is -2.32. The van der Waals surface area contributed by atoms with Crippen molar-refractivity contribution < 1.29 is 24.6 Å². The van der Waals surface area contributed by atoms with Crippen molar-refractivity contribution in [3.05, 3.63) is 190 Å². The lowest BCUT2D eigenvalue weighted by molar-refractivity contribution is 0.305. The Morgan fingerprint density at radius 3 is 1.36 bits per heavy atom. The van der Waals surface area contributed by atoms with Gasteiger partial charge in [-0.05, 0) is 93.5 Å². The SMILES string of the molecule is Brc1c(OCc2ccccc2)ccc2ccccc12.C.OB(O)c1c(OCc2ccccc2)ccc2ccccc12.Oc1ccc2ccccc2c1Br. The number of rotatable bonds is 7. The van der Waals surface area contributed by atoms with Crippen LogP contribution in [0.5, 0.6) is 17.2 Å². The van der Waals surface area contributed by atoms with Crippen molar-refractivity contribution in [1.82, 2.24) is 0 Å². The van der Waals surface area contributed by atoms with Crippen LogP contribution in [-0.2, 0) is 13.2 Å². The second kappa shape index (κ2) is 19.1. The molecule has 0 heterocycles. The van der Waals surface area contributed by atoms with Gasteiger partial charge in [-0.15, -0.1) is 0 Å². The minimum absolute atomic E-state index is 0. The summed E-state index contributed by atoms with van der Waals surface area (Å²) < 4.78 is 13.4. The van der Waals surface area contributed by atoms with Crippen molar-refractivity contribution >= 4 is 76.8 Å². The normalized spacial score (nSPS) is 10.3. The van der Waals surface area contributed by atoms with Crippen molar-refractivity contribution in [3.63, 3.8) is 0 Å². The molecule has 53 heavy (non-hydrogen) atoms. The molecule has 0 spiro atoms. The van der Waals surface area contributed by atoms with Gasteiger partial charge >= 0.3 is 7.12 Å². The quantitative estimate of drug-likeness (QED) is 0.139. The van der Waals surface area contributed by atoms with Crippen LogP contribution >= 0.6 is 31.9 Å². The smallest absolute Gasteiger partial charge is 0.492 e. The molecule has 0 amide bonds. The van der Waals surface area contributed by atoms with Gasteiger partial charge in [-0.3, -0.25) is 0 Å². The minimum atomic E-state index is -1.57. The number of phenolic OH excluding ortho intramolecular Hbond substituents is 1. The van der Waals surface area contributed by atoms with E-state index in [1.165, 1.54) is 16.3 Å². The largest absolute Gasteiger partial charge is 0.507 e. The molecule has 0 unspecified atom stereocenters. The standard InChI is InChI=1S/C17H15BO3.C17H13BrO.C10H7BrO.CH4/c19-18(20)17-15-9-5-4-8-14(15)10-11-16(17)21-12-13-6-2-1-3-7-13;18-17-15-9-5-4-8-14(15)10-11-16(17)19-12-13-6-2-1-3-7-13;11-10-8-4-2-1-3-7(8)5-6-9(10)12;/h1-11,19-20H,12H2;1-11H,12H2;1-6,12H;1H4. The molecule has 0 fully saturated rings. The Morgan fingerprint density at radius 1 is 0.434 bits per heavy atom. The Bertz CT molecular complexity index is 2390. The third-order valence-corrected chi connectivity index (χ3v) is 9.99. The zero-order chi connectivity index (χ0) is 36.3. The van der Waals surface area contributed by atoms with E-state index in [1.807, 2.05) is 127 Å². The third kappa shape index (κ3) is 10.1. The first-order chi connectivity index (χ1) is 25.4. The second-order valence-corrected chi connectivity index (χ2v) is 13.4. The van der Waals surface area contributed by atoms with E-state index < -0.39 is 7.12 Å². The predicted octanol–water partition coefficient (Wildman–Crippen LogP) is 11.2. The zero-order valence-corrected chi connectivity index (χ0v) is 31.2. The second-order valence-electron chi connectivity index (χ2n) is 11.8. The van der Waals surface area contributed by atoms with Gasteiger partial charge in [-0.2, -0.15) is 0 Å². The number of aromatic hydroxyl groups is 1. The molecule has 0 aliphatic carbocycles. The molecule has 0 radical (unpaired) electrons. The first kappa shape index (κ1) is 39.1. The van der Waals surface area contributed by atoms with Gasteiger partial charge in [0.1, 0.15) is 30.5 Å². The van der Waals surface area contributed by atoms with E-state index in [9.17, 15) is 15.2 Å². The average Bonchev–Trinajstić information content (AvgIpc) is 3.19. The van der Waals surface area contributed by atoms with Crippen LogP contribution in [0.2, 0.25) is 0 Å². The Hall–Kier alpha value is -5.12. The topological polar surface area (TPSA) is 79.2 Å². The number of hydrogen-bond donors (Lipinski definition) is 3. The molecule has 266 valence electrons. The highest BCUT2D eigenvalue weighted by atomic mass is 79.9. The Kier molecular flexibility index (Phi) is 14.1. The van der Waals surface area contributed by atoms with Gasteiger partial charge in [0.2, 0.25) is 0 Å². The van der Waals surface area contributed by atoms with Crippen LogP contribution in [0.15, 0.2) is 179 Å². The number of halogens is 2. The Morgan fingerprint density at radius 2 is 0.830 bits per heavy atom. The van der Waals surface area contributed by atoms with E-state index in [1.54, 1.807) is 12.1 Å². The maximum atomic E-state index is 9.68. The molecule has 0 atom stereocenters. The fourth-order valence-electron chi connectivity index (χ4n) is 5.69. The fourth-order valence-corrected chi connectivity index (χ4v) is 6.79. The van der Waals surface area contributed by atoms with Crippen molar-refractivity contribution in [3.8, 4) is 17.2 Å². The van der Waals surface area contributed by atoms with Gasteiger partial charge in [-0.25, -0.2) is 0 Å². The number of ether oxygens (including phenoxy) is 2. The first-order valence-corrected chi connectivity index (χ1v) is 18.2. The van der Waals surface area contributed by atoms with Crippen LogP contribution in [0, 0.1) is 0 Å². The fraction of sp³-hybridized carbons (Fsp3) is 0.0667. The molecule has 0 aliphatic heterocycles. The van der Waals surface area contributed by atoms with Gasteiger partial charge < -0.3 is 24.6 Å². The average molecular weight is 830 g/mol. The van der Waals surface area contributed by atoms with E-state index in [-0.39, 0.29) is 13.2 Å². The molecule has 5 nitrogen and oxygen atoms in total. The highest BCUT2D eigenvalue weighted by Crippen LogP contribution is 2.34. The Labute approximate surface area is 327 Å². The molecule has 8 aromatic rings. The van der Waals surface area contributed by atoms with Crippen molar-refractivity contribution in [2.24, 2.45) is 0 Å². The predicted molar refractivity (Wildman–Crippen MR) is 227 cm³/mol. The summed E-state index contributed by atoms with van der Waals surface area (Å²) in [5.41, 5.74) is 2.61. The van der Waals surface area contributed by atoms with Crippen LogP contribution < -0.4 is 14.9 Å². The highest BCUT2D eigenvalue weighted by Gasteiger charge is 2.20. The maximum absolute atomic E-state index is 9.68. The summed E-state index contributed by atoms with van der Waals surface area (Å²) in [5, 5.41) is 35.0. The lowest BCUT2D eigenvalue weighted by atomic mass is 9.76. The molecule has 0 saturated heterocycles. The molecule has 0 aliphatic rings. The summed E-state index contributed by atoms with van der Waals surface area (Å²) in [7, 11) is -1.57. The molecular formula is C45H39BBr2O5. The molecule has 8 aromatic carbocycles. The van der Waals surface area contributed by atoms with E-state index in [0.717, 1.165) is 41.8 Å². The van der Waals surface area contributed by atoms with Crippen LogP contribution in [0.25, 0.3) is 32.3 Å². The molecule has 8 rings (SSSR count). The molecule has 0 saturated carbocycles. The van der Waals surface area contributed by atoms with E-state index in [4.69, 9.17) is 9.47 Å². The summed E-state index contributed by atoms with van der Waals surface area (Å²) in [6.07, 6.45) is 0. The summed E-state index contributed by atoms with van der Waals surface area (Å²) in [4.78, 5) is 0. The summed E-state index contributed by atoms with van der Waals surface area (Å²) >= 11 is 6.96. The summed E-state index contributed by atoms with van der Waals surface area (Å²) in [5.74, 6) is 1.66. The number of hydrogen-bond acceptors (Lipinski definition) is 5. The van der Waals surface area contributed by atoms with Gasteiger partial charge in [-0.1, -0.05) is 159 Å². The van der Waals surface area contributed by atoms with Gasteiger partial charge in [0, 0.05) is 5.46 Å². The van der Waals surface area contributed by atoms with E-state index in [2.05, 4.69) is 62.2 Å². The number of benzene rings is 8. The molecular weight excluding hydrogens is 791 g/mol. The van der Waals surface area contributed by atoms with E-state index >= 15 is 0 Å². The molecule has 8 heteroatoms. The third-order valence-electron chi connectivity index (χ3n) is 8.33. The Balaban J connectivity index is 0.000000157. The minimum Gasteiger partial charge on any atom is -0.507 e. The maximum Gasteiger partial charge on any atom is 0.492 e.